The Balaban J connectivity index is 1.20. The summed E-state index contributed by atoms with van der Waals surface area (Å²) < 4.78 is 22.8. The van der Waals surface area contributed by atoms with Crippen molar-refractivity contribution >= 4 is 51.4 Å². The SMILES string of the molecule is CCOc1cc(/C=C2/SC(=O)N(Cc3cc4c(cc3Cl)OCO4)C2=O)ccc1OCc1cccc2ccccc12. The largest absolute Gasteiger partial charge is 0.490 e. The molecular weight excluding hydrogens is 550 g/mol. The Morgan fingerprint density at radius 2 is 1.73 bits per heavy atom. The number of amides is 2. The van der Waals surface area contributed by atoms with Gasteiger partial charge in [-0.2, -0.15) is 0 Å². The summed E-state index contributed by atoms with van der Waals surface area (Å²) in [5.74, 6) is 1.84. The number of hydrogen-bond donors (Lipinski definition) is 0. The Kier molecular flexibility index (Phi) is 7.28. The summed E-state index contributed by atoms with van der Waals surface area (Å²) in [6.45, 7) is 2.86. The minimum atomic E-state index is -0.391. The zero-order valence-corrected chi connectivity index (χ0v) is 23.1. The number of thioether (sulfide) groups is 1. The lowest BCUT2D eigenvalue weighted by Crippen LogP contribution is -2.27. The molecule has 2 aliphatic heterocycles. The quantitative estimate of drug-likeness (QED) is 0.203. The molecule has 7 nitrogen and oxygen atoms in total. The third kappa shape index (κ3) is 5.20. The van der Waals surface area contributed by atoms with Crippen LogP contribution in [0.5, 0.6) is 23.0 Å². The normalized spacial score (nSPS) is 15.3. The van der Waals surface area contributed by atoms with Crippen LogP contribution in [0.3, 0.4) is 0 Å². The van der Waals surface area contributed by atoms with Crippen LogP contribution in [0.15, 0.2) is 77.7 Å². The number of halogens is 1. The summed E-state index contributed by atoms with van der Waals surface area (Å²) in [6.07, 6.45) is 1.68. The van der Waals surface area contributed by atoms with E-state index in [9.17, 15) is 9.59 Å². The Labute approximate surface area is 240 Å². The first-order valence-corrected chi connectivity index (χ1v) is 13.9. The number of carbonyl (C=O) groups is 2. The fourth-order valence-electron chi connectivity index (χ4n) is 4.61. The minimum absolute atomic E-state index is 0.0304. The zero-order chi connectivity index (χ0) is 27.6. The average Bonchev–Trinajstić information content (AvgIpc) is 3.51. The van der Waals surface area contributed by atoms with Gasteiger partial charge in [0.15, 0.2) is 23.0 Å². The van der Waals surface area contributed by atoms with Crippen molar-refractivity contribution in [2.75, 3.05) is 13.4 Å². The third-order valence-corrected chi connectivity index (χ3v) is 7.83. The van der Waals surface area contributed by atoms with E-state index in [0.717, 1.165) is 28.1 Å². The van der Waals surface area contributed by atoms with Crippen molar-refractivity contribution in [1.82, 2.24) is 4.90 Å². The van der Waals surface area contributed by atoms with E-state index >= 15 is 0 Å². The van der Waals surface area contributed by atoms with Crippen LogP contribution in [0.25, 0.3) is 16.8 Å². The predicted octanol–water partition coefficient (Wildman–Crippen LogP) is 7.44. The Hall–Kier alpha value is -4.14. The second kappa shape index (κ2) is 11.2. The number of benzene rings is 4. The fourth-order valence-corrected chi connectivity index (χ4v) is 5.67. The van der Waals surface area contributed by atoms with Crippen molar-refractivity contribution in [3.8, 4) is 23.0 Å². The van der Waals surface area contributed by atoms with E-state index in [-0.39, 0.29) is 18.6 Å². The molecule has 202 valence electrons. The summed E-state index contributed by atoms with van der Waals surface area (Å²) in [4.78, 5) is 27.4. The molecule has 2 amide bonds. The molecule has 0 unspecified atom stereocenters. The summed E-state index contributed by atoms with van der Waals surface area (Å²) in [5, 5.41) is 2.31. The maximum Gasteiger partial charge on any atom is 0.293 e. The lowest BCUT2D eigenvalue weighted by molar-refractivity contribution is -0.123. The number of imide groups is 1. The molecule has 4 aromatic rings. The van der Waals surface area contributed by atoms with Gasteiger partial charge in [0.2, 0.25) is 6.79 Å². The van der Waals surface area contributed by atoms with Gasteiger partial charge >= 0.3 is 0 Å². The molecule has 4 aromatic carbocycles. The van der Waals surface area contributed by atoms with Crippen molar-refractivity contribution in [3.63, 3.8) is 0 Å². The van der Waals surface area contributed by atoms with Gasteiger partial charge < -0.3 is 18.9 Å². The number of ether oxygens (including phenoxy) is 4. The molecule has 6 rings (SSSR count). The number of fused-ring (bicyclic) bond motifs is 2. The van der Waals surface area contributed by atoms with E-state index in [4.69, 9.17) is 30.5 Å². The van der Waals surface area contributed by atoms with E-state index in [1.54, 1.807) is 18.2 Å². The summed E-state index contributed by atoms with van der Waals surface area (Å²) in [5.41, 5.74) is 2.38. The molecular formula is C31H24ClNO6S. The van der Waals surface area contributed by atoms with Gasteiger partial charge in [-0.05, 0) is 70.4 Å². The smallest absolute Gasteiger partial charge is 0.293 e. The summed E-state index contributed by atoms with van der Waals surface area (Å²) in [7, 11) is 0. The van der Waals surface area contributed by atoms with Gasteiger partial charge in [0.1, 0.15) is 6.61 Å². The molecule has 1 fully saturated rings. The molecule has 0 saturated carbocycles. The monoisotopic (exact) mass is 573 g/mol. The third-order valence-electron chi connectivity index (χ3n) is 6.57. The summed E-state index contributed by atoms with van der Waals surface area (Å²) >= 11 is 7.26. The van der Waals surface area contributed by atoms with Crippen LogP contribution in [0.4, 0.5) is 4.79 Å². The van der Waals surface area contributed by atoms with Gasteiger partial charge in [0, 0.05) is 11.1 Å². The molecule has 2 aliphatic rings. The molecule has 0 atom stereocenters. The highest BCUT2D eigenvalue weighted by molar-refractivity contribution is 8.18. The average molecular weight is 574 g/mol. The van der Waals surface area contributed by atoms with Crippen molar-refractivity contribution in [2.45, 2.75) is 20.1 Å². The van der Waals surface area contributed by atoms with Gasteiger partial charge in [-0.25, -0.2) is 0 Å². The van der Waals surface area contributed by atoms with Gasteiger partial charge in [-0.15, -0.1) is 0 Å². The van der Waals surface area contributed by atoms with Crippen molar-refractivity contribution in [3.05, 3.63) is 99.4 Å². The molecule has 0 aliphatic carbocycles. The number of nitrogens with zero attached hydrogens (tertiary/aromatic N) is 1. The Morgan fingerprint density at radius 3 is 2.58 bits per heavy atom. The molecule has 9 heteroatoms. The second-order valence-electron chi connectivity index (χ2n) is 9.13. The van der Waals surface area contributed by atoms with Gasteiger partial charge in [0.25, 0.3) is 11.1 Å². The van der Waals surface area contributed by atoms with Crippen LogP contribution in [-0.2, 0) is 17.9 Å². The highest BCUT2D eigenvalue weighted by Gasteiger charge is 2.35. The van der Waals surface area contributed by atoms with E-state index in [0.29, 0.717) is 57.3 Å². The first-order chi connectivity index (χ1) is 19.5. The number of rotatable bonds is 8. The maximum absolute atomic E-state index is 13.2. The standard InChI is InChI=1S/C31H24ClNO6S/c1-2-36-26-12-19(10-11-25(26)37-17-21-8-5-7-20-6-3-4-9-23(20)21)13-29-30(34)33(31(35)40-29)16-22-14-27-28(15-24(22)32)39-18-38-27/h3-15H,2,16-18H2,1H3/b29-13+. The number of carbonyl (C=O) groups excluding carboxylic acids is 2. The van der Waals surface area contributed by atoms with Crippen LogP contribution in [0.2, 0.25) is 5.02 Å². The van der Waals surface area contributed by atoms with Crippen LogP contribution < -0.4 is 18.9 Å². The van der Waals surface area contributed by atoms with Gasteiger partial charge in [-0.3, -0.25) is 14.5 Å². The van der Waals surface area contributed by atoms with E-state index < -0.39 is 5.91 Å². The molecule has 0 aromatic heterocycles. The van der Waals surface area contributed by atoms with Crippen LogP contribution in [0.1, 0.15) is 23.6 Å². The van der Waals surface area contributed by atoms with E-state index in [1.807, 2.05) is 49.4 Å². The van der Waals surface area contributed by atoms with E-state index in [1.165, 1.54) is 4.90 Å². The van der Waals surface area contributed by atoms with Crippen molar-refractivity contribution in [2.24, 2.45) is 0 Å². The highest BCUT2D eigenvalue weighted by atomic mass is 35.5. The minimum Gasteiger partial charge on any atom is -0.490 e. The highest BCUT2D eigenvalue weighted by Crippen LogP contribution is 2.40. The number of hydrogen-bond acceptors (Lipinski definition) is 7. The van der Waals surface area contributed by atoms with Gasteiger partial charge in [-0.1, -0.05) is 60.1 Å². The topological polar surface area (TPSA) is 74.3 Å². The molecule has 2 heterocycles. The Morgan fingerprint density at radius 1 is 0.925 bits per heavy atom. The maximum atomic E-state index is 13.2. The fraction of sp³-hybridized carbons (Fsp3) is 0.161. The molecule has 1 saturated heterocycles. The molecule has 0 N–H and O–H groups in total. The summed E-state index contributed by atoms with van der Waals surface area (Å²) in [6, 6.07) is 23.1. The molecule has 0 radical (unpaired) electrons. The first-order valence-electron chi connectivity index (χ1n) is 12.7. The Bertz CT molecular complexity index is 1660. The zero-order valence-electron chi connectivity index (χ0n) is 21.5. The van der Waals surface area contributed by atoms with Crippen LogP contribution in [-0.4, -0.2) is 29.4 Å². The van der Waals surface area contributed by atoms with Gasteiger partial charge in [0.05, 0.1) is 18.1 Å². The molecule has 0 spiro atoms. The predicted molar refractivity (Wildman–Crippen MR) is 155 cm³/mol. The van der Waals surface area contributed by atoms with E-state index in [2.05, 4.69) is 18.2 Å². The first kappa shape index (κ1) is 26.1. The lowest BCUT2D eigenvalue weighted by atomic mass is 10.1. The van der Waals surface area contributed by atoms with Crippen molar-refractivity contribution in [1.29, 1.82) is 0 Å². The second-order valence-corrected chi connectivity index (χ2v) is 10.5. The van der Waals surface area contributed by atoms with Crippen LogP contribution >= 0.6 is 23.4 Å². The lowest BCUT2D eigenvalue weighted by Gasteiger charge is -2.14. The van der Waals surface area contributed by atoms with Crippen molar-refractivity contribution < 1.29 is 28.5 Å². The molecule has 0 bridgehead atoms. The van der Waals surface area contributed by atoms with Crippen LogP contribution in [0, 0.1) is 0 Å². The molecule has 40 heavy (non-hydrogen) atoms.